The van der Waals surface area contributed by atoms with Crippen molar-refractivity contribution < 1.29 is 4.79 Å². The number of benzene rings is 1. The highest BCUT2D eigenvalue weighted by Crippen LogP contribution is 2.27. The van der Waals surface area contributed by atoms with E-state index in [9.17, 15) is 4.79 Å². The second-order valence-electron chi connectivity index (χ2n) is 5.18. The quantitative estimate of drug-likeness (QED) is 0.619. The summed E-state index contributed by atoms with van der Waals surface area (Å²) in [5, 5.41) is 3.95. The van der Waals surface area contributed by atoms with Gasteiger partial charge in [0.2, 0.25) is 5.91 Å². The van der Waals surface area contributed by atoms with E-state index in [4.69, 9.17) is 23.2 Å². The van der Waals surface area contributed by atoms with Crippen molar-refractivity contribution in [3.8, 4) is 0 Å². The molecule has 0 aliphatic rings. The van der Waals surface area contributed by atoms with Crippen molar-refractivity contribution >= 4 is 46.6 Å². The van der Waals surface area contributed by atoms with E-state index in [1.807, 2.05) is 20.8 Å². The Morgan fingerprint density at radius 2 is 1.78 bits per heavy atom. The molecule has 0 aliphatic carbocycles. The van der Waals surface area contributed by atoms with E-state index in [0.717, 1.165) is 17.0 Å². The van der Waals surface area contributed by atoms with E-state index in [0.29, 0.717) is 20.9 Å². The van der Waals surface area contributed by atoms with Gasteiger partial charge in [-0.3, -0.25) is 4.79 Å². The zero-order chi connectivity index (χ0) is 17.1. The Morgan fingerprint density at radius 3 is 2.35 bits per heavy atom. The minimum Gasteiger partial charge on any atom is -0.324 e. The summed E-state index contributed by atoms with van der Waals surface area (Å²) in [6, 6.07) is 4.94. The molecule has 0 radical (unpaired) electrons. The first kappa shape index (κ1) is 18.0. The second-order valence-corrected chi connectivity index (χ2v) is 7.33. The van der Waals surface area contributed by atoms with E-state index >= 15 is 0 Å². The topological polar surface area (TPSA) is 54.9 Å². The van der Waals surface area contributed by atoms with Gasteiger partial charge in [-0.2, -0.15) is 0 Å². The zero-order valence-corrected chi connectivity index (χ0v) is 15.6. The molecular formula is C16H17Cl2N3OS. The minimum absolute atomic E-state index is 0.168. The average Bonchev–Trinajstić information content (AvgIpc) is 2.47. The summed E-state index contributed by atoms with van der Waals surface area (Å²) < 4.78 is 0. The van der Waals surface area contributed by atoms with Crippen LogP contribution < -0.4 is 5.32 Å². The fraction of sp³-hybridized carbons (Fsp3) is 0.312. The predicted octanol–water partition coefficient (Wildman–Crippen LogP) is 4.83. The highest BCUT2D eigenvalue weighted by Gasteiger charge is 2.18. The number of aryl methyl sites for hydroxylation is 2. The summed E-state index contributed by atoms with van der Waals surface area (Å²) in [6.07, 6.45) is 0. The lowest BCUT2D eigenvalue weighted by Crippen LogP contribution is -2.23. The van der Waals surface area contributed by atoms with Crippen molar-refractivity contribution in [1.82, 2.24) is 9.97 Å². The smallest absolute Gasteiger partial charge is 0.237 e. The van der Waals surface area contributed by atoms with Crippen molar-refractivity contribution in [2.75, 3.05) is 5.32 Å². The monoisotopic (exact) mass is 369 g/mol. The van der Waals surface area contributed by atoms with Crippen LogP contribution in [0.25, 0.3) is 0 Å². The largest absolute Gasteiger partial charge is 0.324 e. The number of aromatic nitrogens is 2. The maximum Gasteiger partial charge on any atom is 0.237 e. The second kappa shape index (κ2) is 7.51. The molecule has 2 rings (SSSR count). The Balaban J connectivity index is 2.08. The Morgan fingerprint density at radius 1 is 1.17 bits per heavy atom. The van der Waals surface area contributed by atoms with Crippen LogP contribution in [-0.4, -0.2) is 21.1 Å². The van der Waals surface area contributed by atoms with Gasteiger partial charge in [-0.25, -0.2) is 9.97 Å². The number of nitrogens with one attached hydrogen (secondary N) is 1. The average molecular weight is 370 g/mol. The van der Waals surface area contributed by atoms with Crippen molar-refractivity contribution in [3.63, 3.8) is 0 Å². The van der Waals surface area contributed by atoms with Gasteiger partial charge in [0.1, 0.15) is 0 Å². The first-order valence-electron chi connectivity index (χ1n) is 7.02. The van der Waals surface area contributed by atoms with Crippen molar-refractivity contribution in [2.45, 2.75) is 38.1 Å². The number of carbonyl (C=O) groups excluding carboxylic acids is 1. The van der Waals surface area contributed by atoms with Crippen molar-refractivity contribution in [1.29, 1.82) is 0 Å². The molecule has 0 saturated carbocycles. The van der Waals surface area contributed by atoms with Crippen LogP contribution in [0.5, 0.6) is 0 Å². The molecule has 2 aromatic rings. The molecule has 1 atom stereocenters. The summed E-state index contributed by atoms with van der Waals surface area (Å²) in [4.78, 5) is 21.2. The maximum absolute atomic E-state index is 12.3. The Hall–Kier alpha value is -1.30. The van der Waals surface area contributed by atoms with Gasteiger partial charge in [0, 0.05) is 16.4 Å². The van der Waals surface area contributed by atoms with Crippen LogP contribution in [0.1, 0.15) is 23.9 Å². The fourth-order valence-corrected chi connectivity index (χ4v) is 3.15. The van der Waals surface area contributed by atoms with E-state index < -0.39 is 0 Å². The standard InChI is InChI=1S/C16H17Cl2N3OS/c1-8-9(2)19-16(20-10(8)3)23-11(4)15(22)21-14-6-5-12(17)7-13(14)18/h5-7,11H,1-4H3,(H,21,22). The number of amides is 1. The lowest BCUT2D eigenvalue weighted by molar-refractivity contribution is -0.115. The van der Waals surface area contributed by atoms with Gasteiger partial charge in [0.05, 0.1) is 16.0 Å². The molecule has 0 aliphatic heterocycles. The van der Waals surface area contributed by atoms with E-state index in [1.165, 1.54) is 11.8 Å². The van der Waals surface area contributed by atoms with Crippen molar-refractivity contribution in [3.05, 3.63) is 45.2 Å². The highest BCUT2D eigenvalue weighted by molar-refractivity contribution is 8.00. The lowest BCUT2D eigenvalue weighted by Gasteiger charge is -2.13. The van der Waals surface area contributed by atoms with Crippen LogP contribution in [0.15, 0.2) is 23.4 Å². The summed E-state index contributed by atoms with van der Waals surface area (Å²) in [5.41, 5.74) is 3.45. The fourth-order valence-electron chi connectivity index (χ4n) is 1.83. The Bertz CT molecular complexity index is 729. The summed E-state index contributed by atoms with van der Waals surface area (Å²) in [5.74, 6) is -0.168. The molecule has 1 aromatic carbocycles. The normalized spacial score (nSPS) is 12.1. The molecule has 1 unspecified atom stereocenters. The number of halogens is 2. The molecular weight excluding hydrogens is 353 g/mol. The number of thioether (sulfide) groups is 1. The van der Waals surface area contributed by atoms with Gasteiger partial charge >= 0.3 is 0 Å². The summed E-state index contributed by atoms with van der Waals surface area (Å²) in [6.45, 7) is 7.66. The molecule has 1 aromatic heterocycles. The molecule has 23 heavy (non-hydrogen) atoms. The molecule has 1 amide bonds. The number of hydrogen-bond donors (Lipinski definition) is 1. The summed E-state index contributed by atoms with van der Waals surface area (Å²) >= 11 is 13.2. The van der Waals surface area contributed by atoms with Gasteiger partial charge in [0.25, 0.3) is 0 Å². The van der Waals surface area contributed by atoms with Crippen LogP contribution in [0.3, 0.4) is 0 Å². The summed E-state index contributed by atoms with van der Waals surface area (Å²) in [7, 11) is 0. The van der Waals surface area contributed by atoms with Crippen LogP contribution >= 0.6 is 35.0 Å². The highest BCUT2D eigenvalue weighted by atomic mass is 35.5. The molecule has 7 heteroatoms. The minimum atomic E-state index is -0.358. The first-order chi connectivity index (χ1) is 10.8. The predicted molar refractivity (Wildman–Crippen MR) is 96.7 cm³/mol. The van der Waals surface area contributed by atoms with Gasteiger partial charge in [-0.1, -0.05) is 35.0 Å². The molecule has 0 bridgehead atoms. The molecule has 0 saturated heterocycles. The number of hydrogen-bond acceptors (Lipinski definition) is 4. The number of anilines is 1. The van der Waals surface area contributed by atoms with Crippen LogP contribution in [-0.2, 0) is 4.79 Å². The zero-order valence-electron chi connectivity index (χ0n) is 13.3. The van der Waals surface area contributed by atoms with Gasteiger partial charge in [-0.05, 0) is 51.5 Å². The third kappa shape index (κ3) is 4.59. The van der Waals surface area contributed by atoms with Gasteiger partial charge in [0.15, 0.2) is 5.16 Å². The number of nitrogens with zero attached hydrogens (tertiary/aromatic N) is 2. The molecule has 0 spiro atoms. The third-order valence-corrected chi connectivity index (χ3v) is 4.96. The van der Waals surface area contributed by atoms with Gasteiger partial charge < -0.3 is 5.32 Å². The van der Waals surface area contributed by atoms with Crippen LogP contribution in [0, 0.1) is 20.8 Å². The first-order valence-corrected chi connectivity index (χ1v) is 8.66. The van der Waals surface area contributed by atoms with Crippen molar-refractivity contribution in [2.24, 2.45) is 0 Å². The SMILES string of the molecule is Cc1nc(SC(C)C(=O)Nc2ccc(Cl)cc2Cl)nc(C)c1C. The van der Waals surface area contributed by atoms with E-state index in [1.54, 1.807) is 25.1 Å². The molecule has 1 heterocycles. The third-order valence-electron chi connectivity index (χ3n) is 3.45. The molecule has 4 nitrogen and oxygen atoms in total. The Labute approximate surface area is 150 Å². The Kier molecular flexibility index (Phi) is 5.89. The molecule has 122 valence electrons. The maximum atomic E-state index is 12.3. The van der Waals surface area contributed by atoms with E-state index in [-0.39, 0.29) is 11.2 Å². The van der Waals surface area contributed by atoms with Crippen LogP contribution in [0.2, 0.25) is 10.0 Å². The lowest BCUT2D eigenvalue weighted by atomic mass is 10.2. The molecule has 1 N–H and O–H groups in total. The molecule has 0 fully saturated rings. The number of carbonyl (C=O) groups is 1. The van der Waals surface area contributed by atoms with Crippen LogP contribution in [0.4, 0.5) is 5.69 Å². The van der Waals surface area contributed by atoms with E-state index in [2.05, 4.69) is 15.3 Å². The number of rotatable bonds is 4. The van der Waals surface area contributed by atoms with Gasteiger partial charge in [-0.15, -0.1) is 0 Å².